The van der Waals surface area contributed by atoms with Crippen molar-refractivity contribution in [3.8, 4) is 0 Å². The molecule has 0 nitrogen and oxygen atoms in total. The molecule has 0 saturated carbocycles. The van der Waals surface area contributed by atoms with Crippen LogP contribution in [0.5, 0.6) is 0 Å². The van der Waals surface area contributed by atoms with Gasteiger partial charge in [-0.25, -0.2) is 0 Å². The maximum absolute atomic E-state index is 3.10. The predicted molar refractivity (Wildman–Crippen MR) is 40.2 cm³/mol. The summed E-state index contributed by atoms with van der Waals surface area (Å²) >= 11 is 0. The van der Waals surface area contributed by atoms with E-state index < -0.39 is 0 Å². The second-order valence-electron chi connectivity index (χ2n) is 2.24. The fourth-order valence-corrected chi connectivity index (χ4v) is 0.665. The van der Waals surface area contributed by atoms with Crippen molar-refractivity contribution in [2.24, 2.45) is 0 Å². The Morgan fingerprint density at radius 3 is 2.78 bits per heavy atom. The summed E-state index contributed by atoms with van der Waals surface area (Å²) < 4.78 is 0. The molecular formula is C9H10. The molecule has 0 bridgehead atoms. The van der Waals surface area contributed by atoms with Gasteiger partial charge >= 0.3 is 0 Å². The molecule has 0 atom stereocenters. The molecule has 1 aliphatic rings. The van der Waals surface area contributed by atoms with E-state index in [1.807, 2.05) is 19.1 Å². The highest BCUT2D eigenvalue weighted by atomic mass is 13.9. The van der Waals surface area contributed by atoms with Crippen LogP contribution in [0, 0.1) is 0 Å². The predicted octanol–water partition coefficient (Wildman–Crippen LogP) is 2.60. The largest absolute Gasteiger partial charge is 0.118 e. The third-order valence-corrected chi connectivity index (χ3v) is 1.25. The summed E-state index contributed by atoms with van der Waals surface area (Å²) in [6.45, 7) is 4.12. The SMILES string of the molecule is CC1=C=CC=C(C)C=C1. The van der Waals surface area contributed by atoms with Crippen molar-refractivity contribution in [3.05, 3.63) is 41.2 Å². The Balaban J connectivity index is 2.96. The highest BCUT2D eigenvalue weighted by Crippen LogP contribution is 2.03. The average molecular weight is 118 g/mol. The molecule has 0 spiro atoms. The van der Waals surface area contributed by atoms with Crippen molar-refractivity contribution in [2.75, 3.05) is 0 Å². The minimum Gasteiger partial charge on any atom is -0.118 e. The Morgan fingerprint density at radius 2 is 2.00 bits per heavy atom. The highest BCUT2D eigenvalue weighted by molar-refractivity contribution is 5.31. The van der Waals surface area contributed by atoms with Gasteiger partial charge in [-0.3, -0.25) is 0 Å². The molecule has 0 heterocycles. The summed E-state index contributed by atoms with van der Waals surface area (Å²) in [7, 11) is 0. The van der Waals surface area contributed by atoms with Gasteiger partial charge in [0.1, 0.15) is 0 Å². The maximum atomic E-state index is 3.10. The third kappa shape index (κ3) is 1.75. The molecule has 9 heavy (non-hydrogen) atoms. The molecule has 0 saturated heterocycles. The van der Waals surface area contributed by atoms with Gasteiger partial charge in [-0.05, 0) is 25.5 Å². The minimum atomic E-state index is 1.18. The molecule has 0 radical (unpaired) electrons. The standard InChI is InChI=1S/C9H10/c1-8-4-3-5-9(2)7-6-8/h3-4,6-7H,1-2H3. The van der Waals surface area contributed by atoms with Crippen LogP contribution in [-0.2, 0) is 0 Å². The Labute approximate surface area is 55.9 Å². The Bertz CT molecular complexity index is 220. The molecule has 0 aromatic rings. The van der Waals surface area contributed by atoms with E-state index in [1.54, 1.807) is 0 Å². The van der Waals surface area contributed by atoms with Gasteiger partial charge in [-0.2, -0.15) is 0 Å². The van der Waals surface area contributed by atoms with E-state index in [4.69, 9.17) is 0 Å². The summed E-state index contributed by atoms with van der Waals surface area (Å²) in [6, 6.07) is 0. The zero-order valence-corrected chi connectivity index (χ0v) is 5.81. The van der Waals surface area contributed by atoms with Gasteiger partial charge in [-0.1, -0.05) is 23.8 Å². The first-order valence-electron chi connectivity index (χ1n) is 3.07. The van der Waals surface area contributed by atoms with Crippen LogP contribution in [0.4, 0.5) is 0 Å². The van der Waals surface area contributed by atoms with Gasteiger partial charge < -0.3 is 0 Å². The lowest BCUT2D eigenvalue weighted by Gasteiger charge is -1.83. The summed E-state index contributed by atoms with van der Waals surface area (Å²) in [5.41, 5.74) is 5.56. The normalized spacial score (nSPS) is 16.7. The molecule has 46 valence electrons. The van der Waals surface area contributed by atoms with Gasteiger partial charge in [0.2, 0.25) is 0 Å². The van der Waals surface area contributed by atoms with Crippen LogP contribution in [0.2, 0.25) is 0 Å². The quantitative estimate of drug-likeness (QED) is 0.429. The van der Waals surface area contributed by atoms with Crippen molar-refractivity contribution in [1.82, 2.24) is 0 Å². The van der Waals surface area contributed by atoms with Gasteiger partial charge in [0.25, 0.3) is 0 Å². The zero-order valence-electron chi connectivity index (χ0n) is 5.81. The van der Waals surface area contributed by atoms with Gasteiger partial charge in [0.05, 0.1) is 0 Å². The van der Waals surface area contributed by atoms with Crippen LogP contribution >= 0.6 is 0 Å². The third-order valence-electron chi connectivity index (χ3n) is 1.25. The Morgan fingerprint density at radius 1 is 1.22 bits per heavy atom. The summed E-state index contributed by atoms with van der Waals surface area (Å²) in [5, 5.41) is 0. The average Bonchev–Trinajstić information content (AvgIpc) is 1.97. The molecule has 0 aromatic heterocycles. The number of allylic oxidation sites excluding steroid dienone is 5. The van der Waals surface area contributed by atoms with Crippen LogP contribution < -0.4 is 0 Å². The lowest BCUT2D eigenvalue weighted by molar-refractivity contribution is 1.50. The molecule has 1 rings (SSSR count). The second kappa shape index (κ2) is 2.52. The van der Waals surface area contributed by atoms with Crippen molar-refractivity contribution in [2.45, 2.75) is 13.8 Å². The number of rotatable bonds is 0. The van der Waals surface area contributed by atoms with Gasteiger partial charge in [0.15, 0.2) is 0 Å². The first kappa shape index (κ1) is 6.12. The molecule has 0 amide bonds. The maximum Gasteiger partial charge on any atom is -0.00913 e. The highest BCUT2D eigenvalue weighted by Gasteiger charge is 1.83. The van der Waals surface area contributed by atoms with Crippen molar-refractivity contribution in [3.63, 3.8) is 0 Å². The fourth-order valence-electron chi connectivity index (χ4n) is 0.665. The minimum absolute atomic E-state index is 1.18. The van der Waals surface area contributed by atoms with Crippen LogP contribution in [0.3, 0.4) is 0 Å². The molecule has 0 heteroatoms. The molecular weight excluding hydrogens is 108 g/mol. The van der Waals surface area contributed by atoms with Crippen molar-refractivity contribution >= 4 is 0 Å². The summed E-state index contributed by atoms with van der Waals surface area (Å²) in [4.78, 5) is 0. The van der Waals surface area contributed by atoms with Crippen LogP contribution in [-0.4, -0.2) is 0 Å². The van der Waals surface area contributed by atoms with E-state index in [0.717, 1.165) is 0 Å². The van der Waals surface area contributed by atoms with E-state index in [9.17, 15) is 0 Å². The molecule has 0 unspecified atom stereocenters. The van der Waals surface area contributed by atoms with Crippen molar-refractivity contribution < 1.29 is 0 Å². The first-order valence-corrected chi connectivity index (χ1v) is 3.07. The van der Waals surface area contributed by atoms with E-state index >= 15 is 0 Å². The van der Waals surface area contributed by atoms with Gasteiger partial charge in [0, 0.05) is 0 Å². The Kier molecular flexibility index (Phi) is 1.72. The van der Waals surface area contributed by atoms with Crippen LogP contribution in [0.15, 0.2) is 41.2 Å². The van der Waals surface area contributed by atoms with Crippen LogP contribution in [0.1, 0.15) is 13.8 Å². The summed E-state index contributed by atoms with van der Waals surface area (Å²) in [5.74, 6) is 0. The monoisotopic (exact) mass is 118 g/mol. The molecule has 0 N–H and O–H groups in total. The molecule has 0 fully saturated rings. The second-order valence-corrected chi connectivity index (χ2v) is 2.24. The van der Waals surface area contributed by atoms with Crippen molar-refractivity contribution in [1.29, 1.82) is 0 Å². The Hall–Kier alpha value is -1.00. The van der Waals surface area contributed by atoms with Gasteiger partial charge in [-0.15, -0.1) is 5.73 Å². The zero-order chi connectivity index (χ0) is 6.69. The number of hydrogen-bond donors (Lipinski definition) is 0. The van der Waals surface area contributed by atoms with Crippen LogP contribution in [0.25, 0.3) is 0 Å². The smallest absolute Gasteiger partial charge is 0.00913 e. The molecule has 0 aromatic carbocycles. The topological polar surface area (TPSA) is 0 Å². The van der Waals surface area contributed by atoms with E-state index in [2.05, 4.69) is 24.8 Å². The molecule has 0 aliphatic heterocycles. The fraction of sp³-hybridized carbons (Fsp3) is 0.222. The van der Waals surface area contributed by atoms with E-state index in [1.165, 1.54) is 11.1 Å². The number of hydrogen-bond acceptors (Lipinski definition) is 0. The van der Waals surface area contributed by atoms with E-state index in [-0.39, 0.29) is 0 Å². The first-order chi connectivity index (χ1) is 4.29. The van der Waals surface area contributed by atoms with E-state index in [0.29, 0.717) is 0 Å². The molecule has 1 aliphatic carbocycles. The lowest BCUT2D eigenvalue weighted by atomic mass is 10.2. The lowest BCUT2D eigenvalue weighted by Crippen LogP contribution is -1.63. The summed E-state index contributed by atoms with van der Waals surface area (Å²) in [6.07, 6.45) is 8.15.